The van der Waals surface area contributed by atoms with E-state index < -0.39 is 11.7 Å². The second kappa shape index (κ2) is 14.2. The van der Waals surface area contributed by atoms with Crippen molar-refractivity contribution in [2.45, 2.75) is 168 Å². The van der Waals surface area contributed by atoms with Gasteiger partial charge in [-0.25, -0.2) is 0 Å². The van der Waals surface area contributed by atoms with E-state index >= 15 is 0 Å². The van der Waals surface area contributed by atoms with Crippen molar-refractivity contribution in [3.63, 3.8) is 0 Å². The summed E-state index contributed by atoms with van der Waals surface area (Å²) >= 11 is 0. The third-order valence-corrected chi connectivity index (χ3v) is 15.7. The minimum absolute atomic E-state index is 0. The van der Waals surface area contributed by atoms with Crippen molar-refractivity contribution in [2.24, 2.45) is 51.2 Å². The van der Waals surface area contributed by atoms with Gasteiger partial charge < -0.3 is 34.1 Å². The average molecular weight is 706 g/mol. The van der Waals surface area contributed by atoms with E-state index in [0.717, 1.165) is 51.0 Å². The maximum atomic E-state index is 11.9. The number of carbonyl (C=O) groups excluding carboxylic acids is 2. The van der Waals surface area contributed by atoms with Crippen LogP contribution in [0, 0.1) is 51.2 Å². The third-order valence-electron chi connectivity index (χ3n) is 15.7. The Morgan fingerprint density at radius 3 is 2.34 bits per heavy atom. The minimum Gasteiger partial charge on any atom is -0.457 e. The summed E-state index contributed by atoms with van der Waals surface area (Å²) in [7, 11) is 1.00. The van der Waals surface area contributed by atoms with Gasteiger partial charge in [0.05, 0.1) is 37.1 Å². The number of ether oxygens (including phenoxy) is 4. The monoisotopic (exact) mass is 706 g/mol. The first-order chi connectivity index (χ1) is 23.7. The summed E-state index contributed by atoms with van der Waals surface area (Å²) in [4.78, 5) is 25.1. The van der Waals surface area contributed by atoms with Crippen LogP contribution in [0.3, 0.4) is 0 Å². The second-order valence-corrected chi connectivity index (χ2v) is 18.9. The highest BCUT2D eigenvalue weighted by molar-refractivity contribution is 5.66. The van der Waals surface area contributed by atoms with E-state index in [1.807, 2.05) is 0 Å². The molecule has 2 saturated heterocycles. The molecular weight excluding hydrogens is 634 g/mol. The molecule has 9 heteroatoms. The second-order valence-electron chi connectivity index (χ2n) is 18.9. The van der Waals surface area contributed by atoms with Gasteiger partial charge >= 0.3 is 5.97 Å². The number of nitrogens with zero attached hydrogens (tertiary/aromatic N) is 1. The zero-order chi connectivity index (χ0) is 36.3. The Morgan fingerprint density at radius 1 is 1.00 bits per heavy atom. The molecule has 2 aliphatic heterocycles. The molecule has 8 fully saturated rings. The van der Waals surface area contributed by atoms with Crippen LogP contribution in [0.5, 0.6) is 0 Å². The van der Waals surface area contributed by atoms with Gasteiger partial charge in [-0.3, -0.25) is 9.59 Å². The van der Waals surface area contributed by atoms with Crippen LogP contribution < -0.4 is 0 Å². The lowest BCUT2D eigenvalue weighted by Gasteiger charge is -2.60. The van der Waals surface area contributed by atoms with Gasteiger partial charge in [-0.2, -0.15) is 0 Å². The number of aliphatic hydroxyl groups is 2. The molecular formula is C41H71NO8. The standard InChI is InChI=1S/C35H55NO7.C5H10.CH4O.H2/c1-21(38)41-30(32(4,5)39)25-9-7-23-26(42-25)17-24-22-8-10-27-31(2,3)28(43-29-18-36(20-37)15-16-40-29)11-12-35(27)19-34(22,35)14-13-33(23,24)6;1-2-5-3-4-5;1-2;/h20,22-30,39H,7-19H2,1-6H3;5H,2-4H2,1H3;2H,1H3;1H/t22?,23?,24?,25?,26?,27?,28-,29?,30-,33?,34-,35+;;;/m0.../s1. The molecule has 2 heterocycles. The van der Waals surface area contributed by atoms with Crippen molar-refractivity contribution in [1.29, 1.82) is 0 Å². The molecule has 6 aliphatic carbocycles. The number of carbonyl (C=O) groups is 2. The van der Waals surface area contributed by atoms with Crippen LogP contribution in [0.25, 0.3) is 0 Å². The Hall–Kier alpha value is -1.26. The zero-order valence-electron chi connectivity index (χ0n) is 32.5. The van der Waals surface area contributed by atoms with E-state index in [1.54, 1.807) is 18.7 Å². The highest BCUT2D eigenvalue weighted by Gasteiger charge is 2.80. The molecule has 8 aliphatic rings. The van der Waals surface area contributed by atoms with E-state index in [0.29, 0.717) is 53.7 Å². The zero-order valence-corrected chi connectivity index (χ0v) is 32.5. The fraction of sp³-hybridized carbons (Fsp3) is 0.951. The summed E-state index contributed by atoms with van der Waals surface area (Å²) in [6, 6.07) is 0. The predicted molar refractivity (Wildman–Crippen MR) is 193 cm³/mol. The first-order valence-electron chi connectivity index (χ1n) is 20.1. The molecule has 0 aromatic heterocycles. The first-order valence-corrected chi connectivity index (χ1v) is 20.1. The van der Waals surface area contributed by atoms with Crippen LogP contribution in [-0.4, -0.2) is 90.6 Å². The fourth-order valence-electron chi connectivity index (χ4n) is 13.1. The molecule has 0 aromatic rings. The van der Waals surface area contributed by atoms with Crippen LogP contribution in [0.1, 0.15) is 133 Å². The lowest BCUT2D eigenvalue weighted by Crippen LogP contribution is -2.56. The number of morpholine rings is 1. The van der Waals surface area contributed by atoms with Gasteiger partial charge in [0.2, 0.25) is 6.41 Å². The van der Waals surface area contributed by atoms with Crippen molar-refractivity contribution < 1.29 is 40.2 Å². The SMILES string of the molecule is CC(=O)O[C@@H](C1CCC2C(CC3C4CCC5C(C)(C)[C@@H](OC6CN(C=O)CCO6)CC[C@@]56C[C@@]46CCC23C)O1)C(C)(C)O.CCC1CC1.CO.[HH]. The highest BCUT2D eigenvalue weighted by atomic mass is 16.7. The first kappa shape index (κ1) is 38.5. The van der Waals surface area contributed by atoms with Crippen molar-refractivity contribution >= 4 is 12.4 Å². The molecule has 50 heavy (non-hydrogen) atoms. The molecule has 6 saturated carbocycles. The van der Waals surface area contributed by atoms with Crippen molar-refractivity contribution in [3.8, 4) is 0 Å². The molecule has 288 valence electrons. The van der Waals surface area contributed by atoms with Crippen molar-refractivity contribution in [1.82, 2.24) is 4.90 Å². The molecule has 2 spiro atoms. The van der Waals surface area contributed by atoms with Gasteiger partial charge in [-0.05, 0) is 129 Å². The topological polar surface area (TPSA) is 115 Å². The highest BCUT2D eigenvalue weighted by Crippen LogP contribution is 2.87. The van der Waals surface area contributed by atoms with Crippen molar-refractivity contribution in [3.05, 3.63) is 0 Å². The molecule has 0 bridgehead atoms. The molecule has 8 rings (SSSR count). The van der Waals surface area contributed by atoms with Gasteiger partial charge in [-0.15, -0.1) is 0 Å². The molecule has 1 amide bonds. The molecule has 8 unspecified atom stereocenters. The smallest absolute Gasteiger partial charge is 0.303 e. The number of hydrogen-bond donors (Lipinski definition) is 2. The summed E-state index contributed by atoms with van der Waals surface area (Å²) in [6.45, 7) is 16.3. The molecule has 9 nitrogen and oxygen atoms in total. The number of fused-ring (bicyclic) bond motifs is 4. The van der Waals surface area contributed by atoms with Crippen LogP contribution in [-0.2, 0) is 28.5 Å². The van der Waals surface area contributed by atoms with E-state index in [2.05, 4.69) is 27.7 Å². The number of esters is 1. The van der Waals surface area contributed by atoms with E-state index in [9.17, 15) is 14.7 Å². The Balaban J connectivity index is 0.000000573. The van der Waals surface area contributed by atoms with Gasteiger partial charge in [0.1, 0.15) is 0 Å². The summed E-state index contributed by atoms with van der Waals surface area (Å²) < 4.78 is 25.1. The maximum absolute atomic E-state index is 11.9. The Kier molecular flexibility index (Phi) is 10.9. The lowest BCUT2D eigenvalue weighted by atomic mass is 9.46. The summed E-state index contributed by atoms with van der Waals surface area (Å²) in [6.07, 6.45) is 16.4. The average Bonchev–Trinajstić information content (AvgIpc) is 4.00. The molecule has 0 radical (unpaired) electrons. The number of rotatable bonds is 7. The van der Waals surface area contributed by atoms with Gasteiger partial charge in [0.15, 0.2) is 12.4 Å². The number of amides is 1. The summed E-state index contributed by atoms with van der Waals surface area (Å²) in [5.41, 5.74) is 0.114. The summed E-state index contributed by atoms with van der Waals surface area (Å²) in [5, 5.41) is 17.9. The Morgan fingerprint density at radius 2 is 1.72 bits per heavy atom. The molecule has 0 aromatic carbocycles. The summed E-state index contributed by atoms with van der Waals surface area (Å²) in [5.74, 6) is 3.40. The van der Waals surface area contributed by atoms with E-state index in [1.165, 1.54) is 64.7 Å². The van der Waals surface area contributed by atoms with E-state index in [4.69, 9.17) is 24.1 Å². The Bertz CT molecular complexity index is 1220. The van der Waals surface area contributed by atoms with Gasteiger partial charge in [0.25, 0.3) is 0 Å². The largest absolute Gasteiger partial charge is 0.457 e. The van der Waals surface area contributed by atoms with Gasteiger partial charge in [-0.1, -0.05) is 47.0 Å². The maximum Gasteiger partial charge on any atom is 0.303 e. The van der Waals surface area contributed by atoms with E-state index in [-0.39, 0.29) is 37.4 Å². The number of aliphatic hydroxyl groups excluding tert-OH is 1. The van der Waals surface area contributed by atoms with Crippen LogP contribution in [0.2, 0.25) is 0 Å². The lowest BCUT2D eigenvalue weighted by molar-refractivity contribution is -0.243. The van der Waals surface area contributed by atoms with Crippen LogP contribution in [0.15, 0.2) is 0 Å². The van der Waals surface area contributed by atoms with Crippen molar-refractivity contribution in [2.75, 3.05) is 26.8 Å². The normalized spacial score (nSPS) is 44.6. The molecule has 2 N–H and O–H groups in total. The quantitative estimate of drug-likeness (QED) is 0.221. The van der Waals surface area contributed by atoms with Crippen LogP contribution in [0.4, 0.5) is 0 Å². The third kappa shape index (κ3) is 6.60. The Labute approximate surface area is 303 Å². The predicted octanol–water partition coefficient (Wildman–Crippen LogP) is 6.76. The molecule has 12 atom stereocenters. The minimum atomic E-state index is -1.15. The van der Waals surface area contributed by atoms with Gasteiger partial charge in [0, 0.05) is 22.0 Å². The van der Waals surface area contributed by atoms with Crippen LogP contribution >= 0.6 is 0 Å². The fourth-order valence-corrected chi connectivity index (χ4v) is 13.1. The number of hydrogen-bond acceptors (Lipinski definition) is 8.